The van der Waals surface area contributed by atoms with Gasteiger partial charge in [0.2, 0.25) is 0 Å². The number of hydrogen-bond acceptors (Lipinski definition) is 4. The molecule has 0 radical (unpaired) electrons. The van der Waals surface area contributed by atoms with Crippen LogP contribution in [0.3, 0.4) is 0 Å². The van der Waals surface area contributed by atoms with Gasteiger partial charge in [0.05, 0.1) is 18.7 Å². The second-order valence-electron chi connectivity index (χ2n) is 8.76. The van der Waals surface area contributed by atoms with E-state index < -0.39 is 29.4 Å². The average Bonchev–Trinajstić information content (AvgIpc) is 3.09. The Kier molecular flexibility index (Phi) is 6.43. The minimum atomic E-state index is -1.04. The lowest BCUT2D eigenvalue weighted by molar-refractivity contribution is -0.132. The van der Waals surface area contributed by atoms with E-state index in [0.717, 1.165) is 5.56 Å². The summed E-state index contributed by atoms with van der Waals surface area (Å²) in [7, 11) is 1.56. The van der Waals surface area contributed by atoms with Crippen LogP contribution >= 0.6 is 0 Å². The number of methoxy groups -OCH3 is 1. The molecule has 7 heteroatoms. The van der Waals surface area contributed by atoms with Crippen molar-refractivity contribution in [1.82, 2.24) is 0 Å². The fourth-order valence-corrected chi connectivity index (χ4v) is 4.39. The summed E-state index contributed by atoms with van der Waals surface area (Å²) >= 11 is 0. The van der Waals surface area contributed by atoms with Crippen LogP contribution < -0.4 is 9.64 Å². The number of rotatable bonds is 5. The summed E-state index contributed by atoms with van der Waals surface area (Å²) in [6, 6.07) is 13.0. The zero-order chi connectivity index (χ0) is 25.4. The van der Waals surface area contributed by atoms with Crippen LogP contribution in [0, 0.1) is 18.6 Å². The van der Waals surface area contributed by atoms with Crippen LogP contribution in [0.1, 0.15) is 48.1 Å². The summed E-state index contributed by atoms with van der Waals surface area (Å²) in [6.07, 6.45) is 0. The zero-order valence-electron chi connectivity index (χ0n) is 19.8. The molecular formula is C28H25F2NO4. The van der Waals surface area contributed by atoms with E-state index in [4.69, 9.17) is 4.74 Å². The number of carbonyl (C=O) groups is 2. The Bertz CT molecular complexity index is 1330. The maximum Gasteiger partial charge on any atom is 0.300 e. The van der Waals surface area contributed by atoms with E-state index >= 15 is 0 Å². The Morgan fingerprint density at radius 3 is 2.09 bits per heavy atom. The van der Waals surface area contributed by atoms with Crippen molar-refractivity contribution in [3.8, 4) is 5.75 Å². The molecule has 1 aliphatic rings. The highest BCUT2D eigenvalue weighted by Gasteiger charge is 2.47. The first-order chi connectivity index (χ1) is 16.6. The van der Waals surface area contributed by atoms with Crippen molar-refractivity contribution in [1.29, 1.82) is 0 Å². The van der Waals surface area contributed by atoms with E-state index in [1.165, 1.54) is 53.4 Å². The van der Waals surface area contributed by atoms with Crippen molar-refractivity contribution < 1.29 is 28.2 Å². The van der Waals surface area contributed by atoms with Gasteiger partial charge in [-0.3, -0.25) is 14.5 Å². The summed E-state index contributed by atoms with van der Waals surface area (Å²) in [5, 5.41) is 11.5. The average molecular weight is 478 g/mol. The van der Waals surface area contributed by atoms with Crippen LogP contribution in [0.4, 0.5) is 14.5 Å². The molecule has 3 aromatic rings. The summed E-state index contributed by atoms with van der Waals surface area (Å²) < 4.78 is 32.7. The number of halogens is 2. The Labute approximate surface area is 202 Å². The highest BCUT2D eigenvalue weighted by molar-refractivity contribution is 6.51. The SMILES string of the molecule is COc1cc(C)c(/C(O)=C2\C(=O)C(=O)N(c3ccc(F)cc3)C2c2ccc(F)cc2)cc1C(C)C. The molecule has 1 saturated heterocycles. The molecule has 0 spiro atoms. The first-order valence-electron chi connectivity index (χ1n) is 11.1. The molecule has 1 N–H and O–H groups in total. The molecule has 0 aliphatic carbocycles. The Hall–Kier alpha value is -4.00. The monoisotopic (exact) mass is 477 g/mol. The number of aliphatic hydroxyl groups is 1. The van der Waals surface area contributed by atoms with Gasteiger partial charge in [0.1, 0.15) is 23.1 Å². The molecule has 1 aliphatic heterocycles. The fourth-order valence-electron chi connectivity index (χ4n) is 4.39. The van der Waals surface area contributed by atoms with E-state index in [-0.39, 0.29) is 22.9 Å². The molecule has 3 aromatic carbocycles. The molecule has 1 fully saturated rings. The van der Waals surface area contributed by atoms with Crippen LogP contribution in [-0.2, 0) is 9.59 Å². The molecule has 4 rings (SSSR count). The lowest BCUT2D eigenvalue weighted by Gasteiger charge is -2.25. The number of hydrogen-bond donors (Lipinski definition) is 1. The third-order valence-corrected chi connectivity index (χ3v) is 6.19. The van der Waals surface area contributed by atoms with Gasteiger partial charge < -0.3 is 9.84 Å². The lowest BCUT2D eigenvalue weighted by atomic mass is 9.91. The largest absolute Gasteiger partial charge is 0.507 e. The van der Waals surface area contributed by atoms with Crippen LogP contribution in [0.2, 0.25) is 0 Å². The first kappa shape index (κ1) is 24.1. The van der Waals surface area contributed by atoms with Crippen molar-refractivity contribution in [3.63, 3.8) is 0 Å². The Morgan fingerprint density at radius 2 is 1.54 bits per heavy atom. The van der Waals surface area contributed by atoms with Gasteiger partial charge in [-0.1, -0.05) is 26.0 Å². The van der Waals surface area contributed by atoms with E-state index in [1.54, 1.807) is 26.2 Å². The van der Waals surface area contributed by atoms with Crippen molar-refractivity contribution in [2.24, 2.45) is 0 Å². The van der Waals surface area contributed by atoms with Gasteiger partial charge in [-0.05, 0) is 78.1 Å². The number of carbonyl (C=O) groups excluding carboxylic acids is 2. The number of ketones is 1. The number of amides is 1. The molecule has 0 bridgehead atoms. The van der Waals surface area contributed by atoms with E-state index in [1.807, 2.05) is 13.8 Å². The van der Waals surface area contributed by atoms with Crippen molar-refractivity contribution in [2.45, 2.75) is 32.7 Å². The van der Waals surface area contributed by atoms with Gasteiger partial charge in [-0.25, -0.2) is 8.78 Å². The summed E-state index contributed by atoms with van der Waals surface area (Å²) in [5.74, 6) is -2.38. The van der Waals surface area contributed by atoms with Gasteiger partial charge in [0.15, 0.2) is 0 Å². The van der Waals surface area contributed by atoms with Crippen LogP contribution in [-0.4, -0.2) is 23.9 Å². The lowest BCUT2D eigenvalue weighted by Crippen LogP contribution is -2.29. The van der Waals surface area contributed by atoms with E-state index in [9.17, 15) is 23.5 Å². The number of anilines is 1. The summed E-state index contributed by atoms with van der Waals surface area (Å²) in [6.45, 7) is 5.72. The van der Waals surface area contributed by atoms with Gasteiger partial charge in [-0.15, -0.1) is 0 Å². The highest BCUT2D eigenvalue weighted by atomic mass is 19.1. The first-order valence-corrected chi connectivity index (χ1v) is 11.1. The molecule has 1 unspecified atom stereocenters. The number of aryl methyl sites for hydroxylation is 1. The number of nitrogens with zero attached hydrogens (tertiary/aromatic N) is 1. The van der Waals surface area contributed by atoms with Crippen molar-refractivity contribution >= 4 is 23.1 Å². The van der Waals surface area contributed by atoms with Gasteiger partial charge >= 0.3 is 0 Å². The second-order valence-corrected chi connectivity index (χ2v) is 8.76. The maximum absolute atomic E-state index is 13.7. The van der Waals surface area contributed by atoms with E-state index in [0.29, 0.717) is 22.4 Å². The minimum absolute atomic E-state index is 0.0617. The maximum atomic E-state index is 13.7. The van der Waals surface area contributed by atoms with Gasteiger partial charge in [0.25, 0.3) is 11.7 Å². The third-order valence-electron chi connectivity index (χ3n) is 6.19. The third kappa shape index (κ3) is 4.30. The number of ether oxygens (including phenoxy) is 1. The Balaban J connectivity index is 1.98. The topological polar surface area (TPSA) is 66.8 Å². The summed E-state index contributed by atoms with van der Waals surface area (Å²) in [5.41, 5.74) is 2.43. The molecule has 180 valence electrons. The summed E-state index contributed by atoms with van der Waals surface area (Å²) in [4.78, 5) is 27.7. The smallest absolute Gasteiger partial charge is 0.300 e. The fraction of sp³-hybridized carbons (Fsp3) is 0.214. The Morgan fingerprint density at radius 1 is 0.971 bits per heavy atom. The van der Waals surface area contributed by atoms with Gasteiger partial charge in [-0.2, -0.15) is 0 Å². The molecular weight excluding hydrogens is 452 g/mol. The predicted octanol–water partition coefficient (Wildman–Crippen LogP) is 6.03. The molecule has 1 heterocycles. The molecule has 1 amide bonds. The quantitative estimate of drug-likeness (QED) is 0.277. The van der Waals surface area contributed by atoms with Gasteiger partial charge in [0, 0.05) is 11.3 Å². The molecule has 0 saturated carbocycles. The normalized spacial score (nSPS) is 17.3. The number of aliphatic hydroxyl groups excluding tert-OH is 1. The minimum Gasteiger partial charge on any atom is -0.507 e. The molecule has 5 nitrogen and oxygen atoms in total. The predicted molar refractivity (Wildman–Crippen MR) is 129 cm³/mol. The number of Topliss-reactive ketones (excluding diaryl/α,β-unsaturated/α-hetero) is 1. The highest BCUT2D eigenvalue weighted by Crippen LogP contribution is 2.43. The van der Waals surface area contributed by atoms with Crippen LogP contribution in [0.5, 0.6) is 5.75 Å². The standard InChI is InChI=1S/C28H25F2NO4/c1-15(2)21-14-22(16(3)13-23(21)35-4)26(32)24-25(17-5-7-18(29)8-6-17)31(28(34)27(24)33)20-11-9-19(30)10-12-20/h5-15,25,32H,1-4H3/b26-24+. The van der Waals surface area contributed by atoms with Crippen molar-refractivity contribution in [3.05, 3.63) is 100 Å². The molecule has 0 aromatic heterocycles. The van der Waals surface area contributed by atoms with Crippen molar-refractivity contribution in [2.75, 3.05) is 12.0 Å². The second kappa shape index (κ2) is 9.33. The zero-order valence-corrected chi connectivity index (χ0v) is 19.8. The van der Waals surface area contributed by atoms with Crippen LogP contribution in [0.15, 0.2) is 66.2 Å². The molecule has 35 heavy (non-hydrogen) atoms. The van der Waals surface area contributed by atoms with E-state index in [2.05, 4.69) is 0 Å². The number of benzene rings is 3. The van der Waals surface area contributed by atoms with Crippen LogP contribution in [0.25, 0.3) is 5.76 Å². The molecule has 1 atom stereocenters.